The third-order valence-electron chi connectivity index (χ3n) is 5.54. The standard InChI is InChI=1S/C16H28F2/c1-2-12-3-7-14(8-4-12)15-9-5-13(6-10-15)11-16(17)18/h12-16H,2-11H2,1H3. The van der Waals surface area contributed by atoms with Crippen molar-refractivity contribution in [1.82, 2.24) is 0 Å². The summed E-state index contributed by atoms with van der Waals surface area (Å²) in [7, 11) is 0. The van der Waals surface area contributed by atoms with Crippen LogP contribution in [0.15, 0.2) is 0 Å². The van der Waals surface area contributed by atoms with Gasteiger partial charge in [-0.15, -0.1) is 0 Å². The summed E-state index contributed by atoms with van der Waals surface area (Å²) in [6.45, 7) is 2.31. The fraction of sp³-hybridized carbons (Fsp3) is 1.00. The Kier molecular flexibility index (Phi) is 5.44. The molecule has 0 aromatic carbocycles. The predicted molar refractivity (Wildman–Crippen MR) is 71.8 cm³/mol. The van der Waals surface area contributed by atoms with E-state index in [1.54, 1.807) is 0 Å². The van der Waals surface area contributed by atoms with Gasteiger partial charge in [-0.05, 0) is 62.2 Å². The molecule has 2 aliphatic carbocycles. The van der Waals surface area contributed by atoms with Crippen LogP contribution in [-0.2, 0) is 0 Å². The van der Waals surface area contributed by atoms with E-state index in [1.165, 1.54) is 44.9 Å². The first kappa shape index (κ1) is 14.3. The highest BCUT2D eigenvalue weighted by atomic mass is 19.3. The normalized spacial score (nSPS) is 38.0. The molecule has 0 spiro atoms. The SMILES string of the molecule is CCC1CCC(C2CCC(CC(F)F)CC2)CC1. The molecule has 0 aliphatic heterocycles. The third-order valence-corrected chi connectivity index (χ3v) is 5.54. The van der Waals surface area contributed by atoms with Gasteiger partial charge in [0.05, 0.1) is 0 Å². The lowest BCUT2D eigenvalue weighted by Crippen LogP contribution is -2.26. The summed E-state index contributed by atoms with van der Waals surface area (Å²) in [5, 5.41) is 0. The Bertz CT molecular complexity index is 223. The molecular formula is C16H28F2. The third kappa shape index (κ3) is 3.93. The van der Waals surface area contributed by atoms with Crippen molar-refractivity contribution in [3.8, 4) is 0 Å². The number of rotatable bonds is 4. The lowest BCUT2D eigenvalue weighted by Gasteiger charge is -2.37. The molecule has 2 heteroatoms. The average molecular weight is 258 g/mol. The molecule has 0 aromatic rings. The van der Waals surface area contributed by atoms with Crippen LogP contribution in [0.5, 0.6) is 0 Å². The summed E-state index contributed by atoms with van der Waals surface area (Å²) in [4.78, 5) is 0. The van der Waals surface area contributed by atoms with Gasteiger partial charge >= 0.3 is 0 Å². The number of alkyl halides is 2. The zero-order chi connectivity index (χ0) is 13.0. The molecule has 0 bridgehead atoms. The summed E-state index contributed by atoms with van der Waals surface area (Å²) in [6.07, 6.45) is 9.60. The summed E-state index contributed by atoms with van der Waals surface area (Å²) < 4.78 is 24.7. The summed E-state index contributed by atoms with van der Waals surface area (Å²) >= 11 is 0. The van der Waals surface area contributed by atoms with E-state index in [0.717, 1.165) is 30.6 Å². The first-order valence-corrected chi connectivity index (χ1v) is 7.97. The van der Waals surface area contributed by atoms with Gasteiger partial charge in [0.25, 0.3) is 0 Å². The first-order valence-electron chi connectivity index (χ1n) is 7.97. The Morgan fingerprint density at radius 2 is 1.22 bits per heavy atom. The van der Waals surface area contributed by atoms with Crippen molar-refractivity contribution < 1.29 is 8.78 Å². The molecule has 2 fully saturated rings. The summed E-state index contributed by atoms with van der Waals surface area (Å²) in [6, 6.07) is 0. The minimum atomic E-state index is -2.09. The minimum Gasteiger partial charge on any atom is -0.211 e. The van der Waals surface area contributed by atoms with Crippen molar-refractivity contribution in [3.63, 3.8) is 0 Å². The van der Waals surface area contributed by atoms with Crippen molar-refractivity contribution in [2.45, 2.75) is 77.6 Å². The Morgan fingerprint density at radius 1 is 0.778 bits per heavy atom. The minimum absolute atomic E-state index is 0.148. The van der Waals surface area contributed by atoms with Gasteiger partial charge in [0.1, 0.15) is 0 Å². The molecule has 0 unspecified atom stereocenters. The average Bonchev–Trinajstić information content (AvgIpc) is 2.39. The monoisotopic (exact) mass is 258 g/mol. The van der Waals surface area contributed by atoms with Crippen molar-refractivity contribution in [1.29, 1.82) is 0 Å². The maximum absolute atomic E-state index is 12.4. The molecule has 0 saturated heterocycles. The highest BCUT2D eigenvalue weighted by Crippen LogP contribution is 2.42. The van der Waals surface area contributed by atoms with Crippen LogP contribution in [0.1, 0.15) is 71.1 Å². The van der Waals surface area contributed by atoms with E-state index in [0.29, 0.717) is 5.92 Å². The molecule has 0 aromatic heterocycles. The summed E-state index contributed by atoms with van der Waals surface area (Å²) in [5.74, 6) is 3.06. The van der Waals surface area contributed by atoms with E-state index in [-0.39, 0.29) is 6.42 Å². The van der Waals surface area contributed by atoms with Gasteiger partial charge in [-0.1, -0.05) is 26.2 Å². The van der Waals surface area contributed by atoms with E-state index >= 15 is 0 Å². The van der Waals surface area contributed by atoms with Crippen molar-refractivity contribution in [2.75, 3.05) is 0 Å². The topological polar surface area (TPSA) is 0 Å². The maximum Gasteiger partial charge on any atom is 0.238 e. The van der Waals surface area contributed by atoms with Gasteiger partial charge in [0, 0.05) is 6.42 Å². The molecule has 0 radical (unpaired) electrons. The molecule has 2 aliphatic rings. The van der Waals surface area contributed by atoms with Crippen molar-refractivity contribution in [2.24, 2.45) is 23.7 Å². The second-order valence-electron chi connectivity index (χ2n) is 6.60. The largest absolute Gasteiger partial charge is 0.238 e. The predicted octanol–water partition coefficient (Wildman–Crippen LogP) is 5.66. The zero-order valence-electron chi connectivity index (χ0n) is 11.7. The molecular weight excluding hydrogens is 230 g/mol. The quantitative estimate of drug-likeness (QED) is 0.610. The molecule has 106 valence electrons. The lowest BCUT2D eigenvalue weighted by atomic mass is 9.68. The molecule has 0 atom stereocenters. The van der Waals surface area contributed by atoms with Gasteiger partial charge < -0.3 is 0 Å². The van der Waals surface area contributed by atoms with E-state index in [2.05, 4.69) is 6.92 Å². The van der Waals surface area contributed by atoms with Crippen LogP contribution in [0.3, 0.4) is 0 Å². The van der Waals surface area contributed by atoms with Gasteiger partial charge in [-0.25, -0.2) is 8.78 Å². The van der Waals surface area contributed by atoms with Gasteiger partial charge in [-0.3, -0.25) is 0 Å². The molecule has 0 nitrogen and oxygen atoms in total. The van der Waals surface area contributed by atoms with Crippen LogP contribution in [0.25, 0.3) is 0 Å². The van der Waals surface area contributed by atoms with E-state index in [9.17, 15) is 8.78 Å². The van der Waals surface area contributed by atoms with E-state index < -0.39 is 6.43 Å². The van der Waals surface area contributed by atoms with Crippen LogP contribution < -0.4 is 0 Å². The van der Waals surface area contributed by atoms with Crippen molar-refractivity contribution in [3.05, 3.63) is 0 Å². The Balaban J connectivity index is 1.70. The van der Waals surface area contributed by atoms with Crippen molar-refractivity contribution >= 4 is 0 Å². The van der Waals surface area contributed by atoms with Crippen LogP contribution in [0.4, 0.5) is 8.78 Å². The van der Waals surface area contributed by atoms with Gasteiger partial charge in [-0.2, -0.15) is 0 Å². The second-order valence-corrected chi connectivity index (χ2v) is 6.60. The fourth-order valence-corrected chi connectivity index (χ4v) is 4.22. The first-order chi connectivity index (χ1) is 8.69. The van der Waals surface area contributed by atoms with Crippen LogP contribution in [0.2, 0.25) is 0 Å². The van der Waals surface area contributed by atoms with E-state index in [1.807, 2.05) is 0 Å². The number of hydrogen-bond donors (Lipinski definition) is 0. The van der Waals surface area contributed by atoms with Crippen LogP contribution >= 0.6 is 0 Å². The number of hydrogen-bond acceptors (Lipinski definition) is 0. The lowest BCUT2D eigenvalue weighted by molar-refractivity contribution is 0.0835. The smallest absolute Gasteiger partial charge is 0.211 e. The molecule has 2 rings (SSSR count). The number of halogens is 2. The second kappa shape index (κ2) is 6.86. The highest BCUT2D eigenvalue weighted by molar-refractivity contribution is 4.81. The van der Waals surface area contributed by atoms with Crippen LogP contribution in [0, 0.1) is 23.7 Å². The maximum atomic E-state index is 12.4. The fourth-order valence-electron chi connectivity index (χ4n) is 4.22. The Labute approximate surface area is 111 Å². The van der Waals surface area contributed by atoms with Gasteiger partial charge in [0.15, 0.2) is 0 Å². The van der Waals surface area contributed by atoms with Gasteiger partial charge in [0.2, 0.25) is 6.43 Å². The molecule has 0 N–H and O–H groups in total. The highest BCUT2D eigenvalue weighted by Gasteiger charge is 2.31. The van der Waals surface area contributed by atoms with Crippen LogP contribution in [-0.4, -0.2) is 6.43 Å². The zero-order valence-corrected chi connectivity index (χ0v) is 11.7. The molecule has 18 heavy (non-hydrogen) atoms. The molecule has 2 saturated carbocycles. The molecule has 0 amide bonds. The summed E-state index contributed by atoms with van der Waals surface area (Å²) in [5.41, 5.74) is 0. The Morgan fingerprint density at radius 3 is 1.61 bits per heavy atom. The van der Waals surface area contributed by atoms with E-state index in [4.69, 9.17) is 0 Å². The Hall–Kier alpha value is -0.140. The molecule has 0 heterocycles.